The minimum atomic E-state index is 0.425. The number of alkyl halides is 1. The first-order valence-corrected chi connectivity index (χ1v) is 7.17. The van der Waals surface area contributed by atoms with Gasteiger partial charge in [0.05, 0.1) is 6.10 Å². The fourth-order valence-electron chi connectivity index (χ4n) is 2.38. The van der Waals surface area contributed by atoms with Crippen molar-refractivity contribution in [1.82, 2.24) is 4.98 Å². The van der Waals surface area contributed by atoms with Crippen LogP contribution >= 0.6 is 11.6 Å². The van der Waals surface area contributed by atoms with Crippen molar-refractivity contribution in [3.05, 3.63) is 23.4 Å². The van der Waals surface area contributed by atoms with Gasteiger partial charge in [0.2, 0.25) is 0 Å². The van der Waals surface area contributed by atoms with Crippen molar-refractivity contribution in [2.24, 2.45) is 0 Å². The van der Waals surface area contributed by atoms with E-state index < -0.39 is 0 Å². The summed E-state index contributed by atoms with van der Waals surface area (Å²) in [6.07, 6.45) is 2.60. The monoisotopic (exact) mass is 268 g/mol. The van der Waals surface area contributed by atoms with Crippen molar-refractivity contribution in [3.63, 3.8) is 0 Å². The lowest BCUT2D eigenvalue weighted by Crippen LogP contribution is -2.37. The highest BCUT2D eigenvalue weighted by Crippen LogP contribution is 2.21. The molecule has 1 aliphatic rings. The van der Waals surface area contributed by atoms with E-state index in [2.05, 4.69) is 28.9 Å². The molecule has 1 aromatic rings. The van der Waals surface area contributed by atoms with Gasteiger partial charge in [0.1, 0.15) is 5.82 Å². The highest BCUT2D eigenvalue weighted by atomic mass is 35.5. The molecule has 0 N–H and O–H groups in total. The first-order chi connectivity index (χ1) is 8.74. The van der Waals surface area contributed by atoms with Gasteiger partial charge >= 0.3 is 0 Å². The zero-order chi connectivity index (χ0) is 13.0. The van der Waals surface area contributed by atoms with Crippen molar-refractivity contribution in [1.29, 1.82) is 0 Å². The molecule has 1 aliphatic heterocycles. The summed E-state index contributed by atoms with van der Waals surface area (Å²) >= 11 is 5.85. The maximum absolute atomic E-state index is 5.85. The fourth-order valence-corrected chi connectivity index (χ4v) is 2.66. The minimum Gasteiger partial charge on any atom is -0.378 e. The van der Waals surface area contributed by atoms with Gasteiger partial charge in [-0.05, 0) is 38.3 Å². The Kier molecular flexibility index (Phi) is 4.84. The van der Waals surface area contributed by atoms with Gasteiger partial charge in [0, 0.05) is 31.3 Å². The summed E-state index contributed by atoms with van der Waals surface area (Å²) < 4.78 is 5.66. The van der Waals surface area contributed by atoms with Crippen LogP contribution in [0.5, 0.6) is 0 Å². The van der Waals surface area contributed by atoms with Gasteiger partial charge in [-0.2, -0.15) is 0 Å². The molecule has 1 aromatic heterocycles. The summed E-state index contributed by atoms with van der Waals surface area (Å²) in [7, 11) is 0. The molecule has 18 heavy (non-hydrogen) atoms. The minimum absolute atomic E-state index is 0.425. The molecule has 0 radical (unpaired) electrons. The van der Waals surface area contributed by atoms with Gasteiger partial charge in [0.15, 0.2) is 0 Å². The Morgan fingerprint density at radius 3 is 2.67 bits per heavy atom. The number of pyridine rings is 1. The van der Waals surface area contributed by atoms with Gasteiger partial charge in [-0.1, -0.05) is 6.07 Å². The normalized spacial score (nSPS) is 17.2. The van der Waals surface area contributed by atoms with Gasteiger partial charge in [-0.25, -0.2) is 4.98 Å². The molecule has 1 saturated heterocycles. The highest BCUT2D eigenvalue weighted by Gasteiger charge is 2.20. The fraction of sp³-hybridized carbons (Fsp3) is 0.643. The van der Waals surface area contributed by atoms with Crippen molar-refractivity contribution in [3.8, 4) is 0 Å². The second kappa shape index (κ2) is 6.39. The van der Waals surface area contributed by atoms with Crippen LogP contribution in [0.1, 0.15) is 31.0 Å². The van der Waals surface area contributed by atoms with E-state index in [0.717, 1.165) is 49.6 Å². The Balaban J connectivity index is 1.99. The SMILES string of the molecule is CCOC1CCN(c2ccc(CCl)c(C)n2)CC1. The van der Waals surface area contributed by atoms with Crippen molar-refractivity contribution in [2.75, 3.05) is 24.6 Å². The second-order valence-electron chi connectivity index (χ2n) is 4.69. The topological polar surface area (TPSA) is 25.4 Å². The molecule has 0 spiro atoms. The molecule has 1 fully saturated rings. The van der Waals surface area contributed by atoms with Crippen molar-refractivity contribution < 1.29 is 4.74 Å². The van der Waals surface area contributed by atoms with Crippen molar-refractivity contribution in [2.45, 2.75) is 38.7 Å². The van der Waals surface area contributed by atoms with Crippen LogP contribution in [0.25, 0.3) is 0 Å². The van der Waals surface area contributed by atoms with Gasteiger partial charge in [-0.3, -0.25) is 0 Å². The van der Waals surface area contributed by atoms with E-state index in [-0.39, 0.29) is 0 Å². The number of halogens is 1. The van der Waals surface area contributed by atoms with Crippen molar-refractivity contribution >= 4 is 17.4 Å². The lowest BCUT2D eigenvalue weighted by molar-refractivity contribution is 0.0458. The van der Waals surface area contributed by atoms with Crippen LogP contribution in [0, 0.1) is 6.92 Å². The molecule has 0 aliphatic carbocycles. The van der Waals surface area contributed by atoms with Gasteiger partial charge < -0.3 is 9.64 Å². The molecule has 0 atom stereocenters. The van der Waals surface area contributed by atoms with E-state index in [1.54, 1.807) is 0 Å². The Morgan fingerprint density at radius 2 is 2.11 bits per heavy atom. The summed E-state index contributed by atoms with van der Waals surface area (Å²) in [5.41, 5.74) is 2.15. The number of aromatic nitrogens is 1. The third-order valence-corrected chi connectivity index (χ3v) is 3.78. The van der Waals surface area contributed by atoms with Crippen LogP contribution in [0.2, 0.25) is 0 Å². The van der Waals surface area contributed by atoms with Crippen LogP contribution < -0.4 is 4.90 Å². The Bertz CT molecular complexity index is 389. The largest absolute Gasteiger partial charge is 0.378 e. The van der Waals surface area contributed by atoms with E-state index in [4.69, 9.17) is 16.3 Å². The predicted octanol–water partition coefficient (Wildman–Crippen LogP) is 3.13. The van der Waals surface area contributed by atoms with E-state index in [1.807, 2.05) is 6.92 Å². The summed E-state index contributed by atoms with van der Waals surface area (Å²) in [5.74, 6) is 1.60. The van der Waals surface area contributed by atoms with Crippen LogP contribution in [0.3, 0.4) is 0 Å². The van der Waals surface area contributed by atoms with E-state index in [1.165, 1.54) is 0 Å². The van der Waals surface area contributed by atoms with Gasteiger partial charge in [-0.15, -0.1) is 11.6 Å². The zero-order valence-electron chi connectivity index (χ0n) is 11.2. The number of hydrogen-bond donors (Lipinski definition) is 0. The number of ether oxygens (including phenoxy) is 1. The summed E-state index contributed by atoms with van der Waals surface area (Å²) in [6.45, 7) is 6.94. The number of hydrogen-bond acceptors (Lipinski definition) is 3. The summed E-state index contributed by atoms with van der Waals surface area (Å²) in [4.78, 5) is 6.97. The highest BCUT2D eigenvalue weighted by molar-refractivity contribution is 6.17. The number of piperidine rings is 1. The Labute approximate surface area is 114 Å². The molecular weight excluding hydrogens is 248 g/mol. The molecule has 100 valence electrons. The van der Waals surface area contributed by atoms with E-state index in [9.17, 15) is 0 Å². The smallest absolute Gasteiger partial charge is 0.128 e. The molecule has 3 nitrogen and oxygen atoms in total. The predicted molar refractivity (Wildman–Crippen MR) is 75.4 cm³/mol. The third-order valence-electron chi connectivity index (χ3n) is 3.49. The van der Waals surface area contributed by atoms with Gasteiger partial charge in [0.25, 0.3) is 0 Å². The van der Waals surface area contributed by atoms with Crippen LogP contribution in [0.4, 0.5) is 5.82 Å². The maximum Gasteiger partial charge on any atom is 0.128 e. The zero-order valence-corrected chi connectivity index (χ0v) is 11.9. The third kappa shape index (κ3) is 3.15. The standard InChI is InChI=1S/C14H21ClN2O/c1-3-18-13-6-8-17(9-7-13)14-5-4-12(10-15)11(2)16-14/h4-5,13H,3,6-10H2,1-2H3. The molecule has 0 bridgehead atoms. The van der Waals surface area contributed by atoms with E-state index in [0.29, 0.717) is 12.0 Å². The molecular formula is C14H21ClN2O. The number of rotatable bonds is 4. The first-order valence-electron chi connectivity index (χ1n) is 6.63. The molecule has 2 rings (SSSR count). The quantitative estimate of drug-likeness (QED) is 0.785. The lowest BCUT2D eigenvalue weighted by atomic mass is 10.1. The first kappa shape index (κ1) is 13.6. The molecule has 0 unspecified atom stereocenters. The molecule has 2 heterocycles. The van der Waals surface area contributed by atoms with Crippen LogP contribution in [0.15, 0.2) is 12.1 Å². The van der Waals surface area contributed by atoms with Crippen LogP contribution in [-0.2, 0) is 10.6 Å². The van der Waals surface area contributed by atoms with E-state index >= 15 is 0 Å². The molecule has 4 heteroatoms. The Hall–Kier alpha value is -0.800. The molecule has 0 aromatic carbocycles. The number of nitrogens with zero attached hydrogens (tertiary/aromatic N) is 2. The summed E-state index contributed by atoms with van der Waals surface area (Å²) in [5, 5.41) is 0. The maximum atomic E-state index is 5.85. The number of aryl methyl sites for hydroxylation is 1. The average molecular weight is 269 g/mol. The number of anilines is 1. The molecule has 0 saturated carbocycles. The Morgan fingerprint density at radius 1 is 1.39 bits per heavy atom. The summed E-state index contributed by atoms with van der Waals surface area (Å²) in [6, 6.07) is 4.16. The lowest BCUT2D eigenvalue weighted by Gasteiger charge is -2.32. The molecule has 0 amide bonds. The van der Waals surface area contributed by atoms with Crippen LogP contribution in [-0.4, -0.2) is 30.8 Å². The second-order valence-corrected chi connectivity index (χ2v) is 4.96. The average Bonchev–Trinajstić information content (AvgIpc) is 2.40.